The fraction of sp³-hybridized carbons (Fsp3) is 0.312. The molecule has 0 radical (unpaired) electrons. The molecule has 5 nitrogen and oxygen atoms in total. The van der Waals surface area contributed by atoms with Crippen LogP contribution in [0, 0.1) is 0 Å². The van der Waals surface area contributed by atoms with E-state index in [-0.39, 0.29) is 11.2 Å². The lowest BCUT2D eigenvalue weighted by molar-refractivity contribution is 0.0690. The van der Waals surface area contributed by atoms with Gasteiger partial charge in [-0.25, -0.2) is 4.79 Å². The van der Waals surface area contributed by atoms with E-state index in [1.807, 2.05) is 49.9 Å². The van der Waals surface area contributed by atoms with Gasteiger partial charge in [0.05, 0.1) is 11.2 Å². The zero-order chi connectivity index (χ0) is 15.6. The third kappa shape index (κ3) is 2.86. The Morgan fingerprint density at radius 1 is 1.33 bits per heavy atom. The summed E-state index contributed by atoms with van der Waals surface area (Å²) in [6, 6.07) is 7.42. The molecule has 1 aromatic heterocycles. The number of rotatable bonds is 4. The van der Waals surface area contributed by atoms with E-state index in [2.05, 4.69) is 16.8 Å². The monoisotopic (exact) mass is 285 g/mol. The lowest BCUT2D eigenvalue weighted by Crippen LogP contribution is -2.42. The van der Waals surface area contributed by atoms with Crippen LogP contribution in [0.4, 0.5) is 5.69 Å². The standard InChI is InChI=1S/C16H19N3O2/c1-5-10-19(16(2,3)4)14-11-8-6-7-9-12(11)17-18-13(14)15(20)21/h5-9H,1,10H2,2-4H3,(H,20,21). The number of anilines is 1. The van der Waals surface area contributed by atoms with Crippen molar-refractivity contribution in [2.75, 3.05) is 11.4 Å². The van der Waals surface area contributed by atoms with Gasteiger partial charge in [0.25, 0.3) is 0 Å². The minimum atomic E-state index is -1.08. The summed E-state index contributed by atoms with van der Waals surface area (Å²) in [5.74, 6) is -1.08. The molecule has 2 rings (SSSR count). The lowest BCUT2D eigenvalue weighted by Gasteiger charge is -2.37. The van der Waals surface area contributed by atoms with Crippen molar-refractivity contribution in [2.24, 2.45) is 0 Å². The van der Waals surface area contributed by atoms with Crippen LogP contribution >= 0.6 is 0 Å². The molecule has 0 aliphatic rings. The first-order valence-corrected chi connectivity index (χ1v) is 6.73. The number of carbonyl (C=O) groups is 1. The van der Waals surface area contributed by atoms with Crippen molar-refractivity contribution < 1.29 is 9.90 Å². The van der Waals surface area contributed by atoms with Gasteiger partial charge in [0.15, 0.2) is 5.69 Å². The van der Waals surface area contributed by atoms with E-state index in [1.165, 1.54) is 0 Å². The first kappa shape index (κ1) is 15.0. The molecule has 0 bridgehead atoms. The molecule has 110 valence electrons. The maximum absolute atomic E-state index is 11.5. The molecule has 0 saturated heterocycles. The van der Waals surface area contributed by atoms with Crippen LogP contribution < -0.4 is 4.90 Å². The highest BCUT2D eigenvalue weighted by molar-refractivity contribution is 6.03. The molecule has 0 aliphatic heterocycles. The van der Waals surface area contributed by atoms with Gasteiger partial charge in [0.2, 0.25) is 0 Å². The summed E-state index contributed by atoms with van der Waals surface area (Å²) in [7, 11) is 0. The van der Waals surface area contributed by atoms with Crippen LogP contribution in [0.25, 0.3) is 10.9 Å². The number of carboxylic acid groups (broad SMARTS) is 1. The number of nitrogens with zero attached hydrogens (tertiary/aromatic N) is 3. The Balaban J connectivity index is 2.82. The highest BCUT2D eigenvalue weighted by Gasteiger charge is 2.28. The van der Waals surface area contributed by atoms with Crippen molar-refractivity contribution in [3.63, 3.8) is 0 Å². The Morgan fingerprint density at radius 2 is 2.00 bits per heavy atom. The smallest absolute Gasteiger partial charge is 0.358 e. The van der Waals surface area contributed by atoms with Gasteiger partial charge < -0.3 is 10.0 Å². The number of carboxylic acids is 1. The molecule has 21 heavy (non-hydrogen) atoms. The summed E-state index contributed by atoms with van der Waals surface area (Å²) in [6.45, 7) is 10.4. The van der Waals surface area contributed by atoms with E-state index in [4.69, 9.17) is 0 Å². The number of fused-ring (bicyclic) bond motifs is 1. The Kier molecular flexibility index (Phi) is 3.93. The molecule has 0 saturated carbocycles. The van der Waals surface area contributed by atoms with Crippen LogP contribution in [-0.2, 0) is 0 Å². The average molecular weight is 285 g/mol. The molecule has 0 fully saturated rings. The molecule has 1 heterocycles. The van der Waals surface area contributed by atoms with Gasteiger partial charge in [-0.05, 0) is 26.8 Å². The number of benzene rings is 1. The topological polar surface area (TPSA) is 66.3 Å². The van der Waals surface area contributed by atoms with Crippen molar-refractivity contribution >= 4 is 22.6 Å². The summed E-state index contributed by atoms with van der Waals surface area (Å²) in [4.78, 5) is 13.5. The molecule has 1 aromatic carbocycles. The number of aromatic nitrogens is 2. The van der Waals surface area contributed by atoms with Crippen LogP contribution in [0.2, 0.25) is 0 Å². The van der Waals surface area contributed by atoms with Crippen molar-refractivity contribution in [2.45, 2.75) is 26.3 Å². The first-order valence-electron chi connectivity index (χ1n) is 6.73. The molecule has 0 amide bonds. The number of aromatic carboxylic acids is 1. The van der Waals surface area contributed by atoms with Crippen LogP contribution in [0.5, 0.6) is 0 Å². The quantitative estimate of drug-likeness (QED) is 0.874. The molecule has 1 N–H and O–H groups in total. The maximum atomic E-state index is 11.5. The van der Waals surface area contributed by atoms with Crippen LogP contribution in [-0.4, -0.2) is 33.4 Å². The van der Waals surface area contributed by atoms with Gasteiger partial charge in [-0.15, -0.1) is 16.8 Å². The zero-order valence-corrected chi connectivity index (χ0v) is 12.5. The fourth-order valence-electron chi connectivity index (χ4n) is 2.29. The Bertz CT molecular complexity index is 689. The Labute approximate surface area is 123 Å². The largest absolute Gasteiger partial charge is 0.476 e. The molecule has 2 aromatic rings. The predicted octanol–water partition coefficient (Wildman–Crippen LogP) is 3.12. The highest BCUT2D eigenvalue weighted by Crippen LogP contribution is 2.32. The van der Waals surface area contributed by atoms with E-state index in [9.17, 15) is 9.90 Å². The van der Waals surface area contributed by atoms with Gasteiger partial charge in [0.1, 0.15) is 0 Å². The first-order chi connectivity index (χ1) is 9.86. The summed E-state index contributed by atoms with van der Waals surface area (Å²) < 4.78 is 0. The summed E-state index contributed by atoms with van der Waals surface area (Å²) in [5.41, 5.74) is 0.950. The van der Waals surface area contributed by atoms with E-state index < -0.39 is 5.97 Å². The van der Waals surface area contributed by atoms with Crippen molar-refractivity contribution in [1.29, 1.82) is 0 Å². The number of hydrogen-bond donors (Lipinski definition) is 1. The van der Waals surface area contributed by atoms with E-state index >= 15 is 0 Å². The van der Waals surface area contributed by atoms with Crippen molar-refractivity contribution in [3.05, 3.63) is 42.6 Å². The average Bonchev–Trinajstić information content (AvgIpc) is 2.42. The van der Waals surface area contributed by atoms with Crippen LogP contribution in [0.15, 0.2) is 36.9 Å². The van der Waals surface area contributed by atoms with E-state index in [0.717, 1.165) is 5.39 Å². The van der Waals surface area contributed by atoms with E-state index in [0.29, 0.717) is 17.7 Å². The number of hydrogen-bond acceptors (Lipinski definition) is 4. The molecule has 5 heteroatoms. The van der Waals surface area contributed by atoms with Crippen molar-refractivity contribution in [3.8, 4) is 0 Å². The maximum Gasteiger partial charge on any atom is 0.358 e. The molecule has 0 atom stereocenters. The highest BCUT2D eigenvalue weighted by atomic mass is 16.4. The second-order valence-corrected chi connectivity index (χ2v) is 5.79. The minimum Gasteiger partial charge on any atom is -0.476 e. The predicted molar refractivity (Wildman–Crippen MR) is 83.8 cm³/mol. The second kappa shape index (κ2) is 5.52. The van der Waals surface area contributed by atoms with Gasteiger partial charge in [-0.2, -0.15) is 0 Å². The molecule has 0 spiro atoms. The second-order valence-electron chi connectivity index (χ2n) is 5.79. The summed E-state index contributed by atoms with van der Waals surface area (Å²) in [6.07, 6.45) is 1.76. The fourth-order valence-corrected chi connectivity index (χ4v) is 2.29. The lowest BCUT2D eigenvalue weighted by atomic mass is 10.0. The Morgan fingerprint density at radius 3 is 2.57 bits per heavy atom. The Hall–Kier alpha value is -2.43. The third-order valence-corrected chi connectivity index (χ3v) is 3.24. The SMILES string of the molecule is C=CCN(c1c(C(=O)O)nnc2ccccc12)C(C)(C)C. The van der Waals surface area contributed by atoms with Crippen LogP contribution in [0.1, 0.15) is 31.3 Å². The van der Waals surface area contributed by atoms with Gasteiger partial charge in [0, 0.05) is 17.5 Å². The summed E-state index contributed by atoms with van der Waals surface area (Å²) in [5, 5.41) is 18.1. The zero-order valence-electron chi connectivity index (χ0n) is 12.5. The normalized spacial score (nSPS) is 11.4. The molecular formula is C16H19N3O2. The van der Waals surface area contributed by atoms with Gasteiger partial charge in [-0.3, -0.25) is 0 Å². The molecule has 0 aliphatic carbocycles. The van der Waals surface area contributed by atoms with Gasteiger partial charge in [-0.1, -0.05) is 24.3 Å². The third-order valence-electron chi connectivity index (χ3n) is 3.24. The van der Waals surface area contributed by atoms with Gasteiger partial charge >= 0.3 is 5.97 Å². The van der Waals surface area contributed by atoms with E-state index in [1.54, 1.807) is 6.08 Å². The minimum absolute atomic E-state index is 0.0366. The summed E-state index contributed by atoms with van der Waals surface area (Å²) >= 11 is 0. The van der Waals surface area contributed by atoms with Crippen molar-refractivity contribution in [1.82, 2.24) is 10.2 Å². The van der Waals surface area contributed by atoms with Crippen LogP contribution in [0.3, 0.4) is 0 Å². The molecular weight excluding hydrogens is 266 g/mol. The molecule has 0 unspecified atom stereocenters.